The molecule has 30 nitrogen and oxygen atoms in total. The molecule has 11 unspecified atom stereocenters. The van der Waals surface area contributed by atoms with Gasteiger partial charge in [-0.15, -0.1) is 0 Å². The highest BCUT2D eigenvalue weighted by Crippen LogP contribution is 2.52. The Labute approximate surface area is 596 Å². The number of rotatable bonds is 32. The van der Waals surface area contributed by atoms with Gasteiger partial charge in [0.1, 0.15) is 0 Å². The van der Waals surface area contributed by atoms with Gasteiger partial charge in [-0.05, 0) is 133 Å². The van der Waals surface area contributed by atoms with Crippen LogP contribution in [-0.2, 0) is 91.0 Å². The van der Waals surface area contributed by atoms with Crippen LogP contribution in [0.5, 0.6) is 0 Å². The molecule has 0 radical (unpaired) electrons. The number of nitrogens with zero attached hydrogens (tertiary/aromatic N) is 3. The zero-order valence-corrected chi connectivity index (χ0v) is 61.8. The van der Waals surface area contributed by atoms with E-state index in [9.17, 15) is 71.5 Å². The van der Waals surface area contributed by atoms with E-state index in [0.29, 0.717) is 64.7 Å². The Morgan fingerprint density at radius 1 is 0.441 bits per heavy atom. The van der Waals surface area contributed by atoms with Gasteiger partial charge in [-0.3, -0.25) is 71.5 Å². The van der Waals surface area contributed by atoms with Crippen LogP contribution in [0.1, 0.15) is 115 Å². The smallest absolute Gasteiger partial charge is 0.359 e. The molecule has 102 heavy (non-hydrogen) atoms. The summed E-state index contributed by atoms with van der Waals surface area (Å²) in [5.41, 5.74) is 0.875. The molecule has 9 rings (SSSR count). The van der Waals surface area contributed by atoms with E-state index in [2.05, 4.69) is 46.6 Å². The van der Waals surface area contributed by atoms with Gasteiger partial charge in [-0.2, -0.15) is 0 Å². The van der Waals surface area contributed by atoms with Crippen LogP contribution >= 0.6 is 22.8 Å². The van der Waals surface area contributed by atoms with Crippen molar-refractivity contribution in [2.45, 2.75) is 170 Å². The first-order chi connectivity index (χ1) is 48.6. The standard InChI is InChI=1S/C24H36N3O7P.C23H34N3O7P.C22H32N3O7P/c1-25-21(28)12-13-22(29)26-14-6-7-15-33-24(30)23-19-11-10-17(27(19)2)16-20(23)34-35(31,32)18-8-4-3-5-9-18;1-24-20(27)10-11-21(28)25-13-12-15-4-7-17(8-5-15)34(30,31)33-19-14-16-6-9-18(26(16)2)22(19)23(29)32-3;1-23-19(26)10-11-20(27)24-12-13-25-15-8-9-17(25)21(22(28)31-2)18(14-15)32-33(29,30)16-6-4-3-5-7-16/h3-5,8-9,17,19-20,23H,6-7,10-16H2,1-2H3,(H,25,28)(H,26,29)(H,31,32);4-5,7-8,16,18-19,22H,6,9-14H2,1-3H3,(H,24,27)(H,25,28)(H,30,31);3-7,15,17-18,21H,8-14H2,1-2H3,(H,23,26)(H,24,27)(H,29,30)/t17?,19?,20-,23+;16?,18?,19?,22-;15?,17?,18?,21-/m011/s1. The van der Waals surface area contributed by atoms with Gasteiger partial charge in [0.05, 0.1) is 72.8 Å². The number of amides is 6. The van der Waals surface area contributed by atoms with E-state index in [1.165, 1.54) is 47.5 Å². The van der Waals surface area contributed by atoms with Crippen LogP contribution in [0.3, 0.4) is 0 Å². The van der Waals surface area contributed by atoms with Crippen molar-refractivity contribution in [2.75, 3.05) is 82.2 Å². The van der Waals surface area contributed by atoms with Crippen molar-refractivity contribution in [3.05, 3.63) is 90.5 Å². The van der Waals surface area contributed by atoms with Crippen LogP contribution in [0.25, 0.3) is 0 Å². The average molecular weight is 1490 g/mol. The van der Waals surface area contributed by atoms with E-state index in [-0.39, 0.29) is 133 Å². The van der Waals surface area contributed by atoms with Gasteiger partial charge < -0.3 is 74.4 Å². The Morgan fingerprint density at radius 3 is 1.24 bits per heavy atom. The number of methoxy groups -OCH3 is 2. The Bertz CT molecular complexity index is 3470. The summed E-state index contributed by atoms with van der Waals surface area (Å²) >= 11 is 0. The quantitative estimate of drug-likeness (QED) is 0.0188. The van der Waals surface area contributed by atoms with Gasteiger partial charge in [0, 0.05) is 122 Å². The molecular formula is C69H102N9O21P3. The lowest BCUT2D eigenvalue weighted by atomic mass is 9.87. The summed E-state index contributed by atoms with van der Waals surface area (Å²) in [7, 11) is -1.23. The summed E-state index contributed by atoms with van der Waals surface area (Å²) in [5, 5.41) is 16.3. The summed E-state index contributed by atoms with van der Waals surface area (Å²) in [4.78, 5) is 146. The van der Waals surface area contributed by atoms with Crippen LogP contribution in [-0.4, -0.2) is 220 Å². The lowest BCUT2D eigenvalue weighted by Gasteiger charge is -2.43. The zero-order chi connectivity index (χ0) is 74.3. The van der Waals surface area contributed by atoms with Gasteiger partial charge in [0.25, 0.3) is 0 Å². The minimum atomic E-state index is -4.16. The Hall–Kier alpha value is -6.78. The highest BCUT2D eigenvalue weighted by Gasteiger charge is 2.55. The van der Waals surface area contributed by atoms with Crippen LogP contribution in [0.15, 0.2) is 84.9 Å². The summed E-state index contributed by atoms with van der Waals surface area (Å²) < 4.78 is 71.7. The normalized spacial score (nSPS) is 25.9. The molecule has 15 atom stereocenters. The first-order valence-corrected chi connectivity index (χ1v) is 39.6. The lowest BCUT2D eigenvalue weighted by molar-refractivity contribution is -0.158. The number of hydrogen-bond donors (Lipinski definition) is 9. The fourth-order valence-corrected chi connectivity index (χ4v) is 18.3. The lowest BCUT2D eigenvalue weighted by Crippen LogP contribution is -2.56. The van der Waals surface area contributed by atoms with E-state index in [4.69, 9.17) is 27.8 Å². The summed E-state index contributed by atoms with van der Waals surface area (Å²) in [6.45, 7) is 1.90. The molecule has 3 aromatic carbocycles. The topological polar surface area (TPSA) is 403 Å². The molecule has 9 N–H and O–H groups in total. The van der Waals surface area contributed by atoms with Gasteiger partial charge in [0.2, 0.25) is 35.4 Å². The first-order valence-electron chi connectivity index (χ1n) is 34.8. The van der Waals surface area contributed by atoms with E-state index in [1.54, 1.807) is 72.8 Å². The highest BCUT2D eigenvalue weighted by atomic mass is 31.2. The predicted molar refractivity (Wildman–Crippen MR) is 376 cm³/mol. The van der Waals surface area contributed by atoms with E-state index in [1.807, 2.05) is 14.1 Å². The third-order valence-corrected chi connectivity index (χ3v) is 24.6. The molecule has 0 aliphatic carbocycles. The Balaban J connectivity index is 0.000000215. The number of nitrogens with one attached hydrogen (secondary N) is 6. The third-order valence-electron chi connectivity index (χ3n) is 20.1. The third kappa shape index (κ3) is 23.1. The van der Waals surface area contributed by atoms with Crippen molar-refractivity contribution in [3.8, 4) is 0 Å². The van der Waals surface area contributed by atoms with Crippen LogP contribution < -0.4 is 47.8 Å². The number of unbranched alkanes of at least 4 members (excludes halogenated alkanes) is 1. The molecule has 6 bridgehead atoms. The van der Waals surface area contributed by atoms with Gasteiger partial charge in [-0.25, -0.2) is 0 Å². The van der Waals surface area contributed by atoms with E-state index < -0.39 is 76.8 Å². The second kappa shape index (κ2) is 39.4. The number of esters is 3. The van der Waals surface area contributed by atoms with Gasteiger partial charge in [0.15, 0.2) is 0 Å². The molecule has 6 amide bonds. The summed E-state index contributed by atoms with van der Waals surface area (Å²) in [5.74, 6) is -4.46. The number of carbonyl (C=O) groups excluding carboxylic acids is 9. The molecule has 6 aliphatic rings. The maximum absolute atomic E-state index is 13.1. The molecule has 6 fully saturated rings. The predicted octanol–water partition coefficient (Wildman–Crippen LogP) is 2.60. The molecule has 6 saturated heterocycles. The van der Waals surface area contributed by atoms with Crippen molar-refractivity contribution in [1.29, 1.82) is 0 Å². The largest absolute Gasteiger partial charge is 0.469 e. The summed E-state index contributed by atoms with van der Waals surface area (Å²) in [6.07, 6.45) is 6.76. The number of carbonyl (C=O) groups is 9. The number of hydrogen-bond acceptors (Lipinski definition) is 21. The molecule has 564 valence electrons. The molecule has 33 heteroatoms. The van der Waals surface area contributed by atoms with E-state index >= 15 is 0 Å². The number of fused-ring (bicyclic) bond motifs is 6. The minimum absolute atomic E-state index is 0.0647. The SMILES string of the molecule is CNC(=O)CCC(=O)NCCCCOC(=O)[C@@H]1C2CCC(C[C@@H]1OP(=O)(O)c1ccccc1)N2C.CNC(=O)CCC(=O)NCCN1C2CCC1[C@@H](C(=O)OC)C(OP(=O)(O)c1ccccc1)C2.CNC(=O)CCC(=O)NCCc1ccc(P(=O)(O)OC2CC3CCC([C@H]2C(=O)OC)N3C)cc1. The van der Waals surface area contributed by atoms with Crippen molar-refractivity contribution in [2.24, 2.45) is 17.8 Å². The fourth-order valence-electron chi connectivity index (χ4n) is 14.5. The number of benzene rings is 3. The van der Waals surface area contributed by atoms with Crippen molar-refractivity contribution in [1.82, 2.24) is 46.6 Å². The molecule has 3 aromatic rings. The second-order valence-corrected chi connectivity index (χ2v) is 31.6. The van der Waals surface area contributed by atoms with Crippen molar-refractivity contribution < 1.29 is 99.3 Å². The van der Waals surface area contributed by atoms with Gasteiger partial charge in [-0.1, -0.05) is 48.5 Å². The van der Waals surface area contributed by atoms with Crippen LogP contribution in [0, 0.1) is 17.8 Å². The number of piperidine rings is 3. The second-order valence-electron chi connectivity index (χ2n) is 26.3. The first kappa shape index (κ1) is 82.5. The molecular weight excluding hydrogens is 1380 g/mol. The highest BCUT2D eigenvalue weighted by molar-refractivity contribution is 7.61. The molecule has 0 saturated carbocycles. The Morgan fingerprint density at radius 2 is 0.804 bits per heavy atom. The molecule has 6 aliphatic heterocycles. The van der Waals surface area contributed by atoms with Gasteiger partial charge >= 0.3 is 40.7 Å². The van der Waals surface area contributed by atoms with Crippen molar-refractivity contribution >= 4 is 92.1 Å². The summed E-state index contributed by atoms with van der Waals surface area (Å²) in [6, 6.07) is 23.0. The maximum atomic E-state index is 13.1. The van der Waals surface area contributed by atoms with Crippen LogP contribution in [0.4, 0.5) is 0 Å². The Kier molecular flexibility index (Phi) is 31.8. The average Bonchev–Trinajstić information content (AvgIpc) is 1.57. The molecule has 0 aromatic heterocycles. The molecule has 0 spiro atoms. The minimum Gasteiger partial charge on any atom is -0.469 e. The van der Waals surface area contributed by atoms with Crippen LogP contribution in [0.2, 0.25) is 0 Å². The van der Waals surface area contributed by atoms with Crippen molar-refractivity contribution in [3.63, 3.8) is 0 Å². The number of ether oxygens (including phenoxy) is 3. The monoisotopic (exact) mass is 1490 g/mol. The molecule has 6 heterocycles. The fraction of sp³-hybridized carbons (Fsp3) is 0.609. The maximum Gasteiger partial charge on any atom is 0.359 e. The zero-order valence-electron chi connectivity index (χ0n) is 59.1. The van der Waals surface area contributed by atoms with E-state index in [0.717, 1.165) is 44.1 Å².